The van der Waals surface area contributed by atoms with Crippen molar-refractivity contribution in [3.8, 4) is 11.3 Å². The van der Waals surface area contributed by atoms with Crippen molar-refractivity contribution in [1.29, 1.82) is 0 Å². The van der Waals surface area contributed by atoms with E-state index in [1.54, 1.807) is 6.20 Å². The standard InChI is InChI=1S/C16H22N4O/c1-12(3-2-9-17)16(21)18-11-13-4-6-14(7-5-13)15-8-10-19-20-15/h4-8,10,12H,2-3,9,11,17H2,1H3,(H,18,21)(H,19,20). The number of nitrogens with zero attached hydrogens (tertiary/aromatic N) is 1. The highest BCUT2D eigenvalue weighted by molar-refractivity contribution is 5.78. The van der Waals surface area contributed by atoms with Crippen molar-refractivity contribution >= 4 is 5.91 Å². The molecule has 1 aromatic carbocycles. The predicted octanol–water partition coefficient (Wildman–Crippen LogP) is 2.07. The summed E-state index contributed by atoms with van der Waals surface area (Å²) in [6.07, 6.45) is 3.45. The van der Waals surface area contributed by atoms with E-state index in [4.69, 9.17) is 5.73 Å². The van der Waals surface area contributed by atoms with Gasteiger partial charge in [-0.1, -0.05) is 31.2 Å². The predicted molar refractivity (Wildman–Crippen MR) is 83.3 cm³/mol. The van der Waals surface area contributed by atoms with E-state index < -0.39 is 0 Å². The van der Waals surface area contributed by atoms with E-state index in [-0.39, 0.29) is 11.8 Å². The zero-order chi connectivity index (χ0) is 15.1. The molecule has 0 radical (unpaired) electrons. The molecule has 1 unspecified atom stereocenters. The van der Waals surface area contributed by atoms with Crippen LogP contribution in [0.3, 0.4) is 0 Å². The largest absolute Gasteiger partial charge is 0.352 e. The number of aromatic amines is 1. The summed E-state index contributed by atoms with van der Waals surface area (Å²) in [7, 11) is 0. The van der Waals surface area contributed by atoms with E-state index in [2.05, 4.69) is 15.5 Å². The molecule has 1 aromatic heterocycles. The molecule has 4 N–H and O–H groups in total. The maximum atomic E-state index is 11.9. The molecule has 2 rings (SSSR count). The Morgan fingerprint density at radius 2 is 2.10 bits per heavy atom. The van der Waals surface area contributed by atoms with Crippen molar-refractivity contribution in [1.82, 2.24) is 15.5 Å². The first-order valence-corrected chi connectivity index (χ1v) is 7.27. The first kappa shape index (κ1) is 15.3. The number of hydrogen-bond acceptors (Lipinski definition) is 3. The molecule has 1 amide bonds. The minimum absolute atomic E-state index is 0.0119. The van der Waals surface area contributed by atoms with Crippen LogP contribution in [0.25, 0.3) is 11.3 Å². The summed E-state index contributed by atoms with van der Waals surface area (Å²) in [6.45, 7) is 3.12. The number of nitrogens with two attached hydrogens (primary N) is 1. The van der Waals surface area contributed by atoms with E-state index in [9.17, 15) is 4.79 Å². The second kappa shape index (κ2) is 7.59. The Bertz CT molecular complexity index is 548. The highest BCUT2D eigenvalue weighted by Crippen LogP contribution is 2.16. The number of carbonyl (C=O) groups is 1. The van der Waals surface area contributed by atoms with Gasteiger partial charge in [0.25, 0.3) is 0 Å². The van der Waals surface area contributed by atoms with Gasteiger partial charge in [-0.05, 0) is 36.6 Å². The average molecular weight is 286 g/mol. The lowest BCUT2D eigenvalue weighted by atomic mass is 10.0. The zero-order valence-electron chi connectivity index (χ0n) is 12.3. The number of rotatable bonds is 7. The summed E-state index contributed by atoms with van der Waals surface area (Å²) < 4.78 is 0. The Kier molecular flexibility index (Phi) is 5.51. The fraction of sp³-hybridized carbons (Fsp3) is 0.375. The van der Waals surface area contributed by atoms with Crippen LogP contribution >= 0.6 is 0 Å². The summed E-state index contributed by atoms with van der Waals surface area (Å²) in [6, 6.07) is 10.00. The molecule has 0 aliphatic heterocycles. The molecule has 0 bridgehead atoms. The quantitative estimate of drug-likeness (QED) is 0.728. The van der Waals surface area contributed by atoms with Gasteiger partial charge < -0.3 is 11.1 Å². The molecular formula is C16H22N4O. The van der Waals surface area contributed by atoms with Gasteiger partial charge in [0.2, 0.25) is 5.91 Å². The Morgan fingerprint density at radius 3 is 2.71 bits per heavy atom. The molecule has 2 aromatic rings. The molecule has 21 heavy (non-hydrogen) atoms. The van der Waals surface area contributed by atoms with Crippen LogP contribution < -0.4 is 11.1 Å². The Balaban J connectivity index is 1.85. The number of H-pyrrole nitrogens is 1. The minimum atomic E-state index is 0.0119. The molecule has 0 fully saturated rings. The van der Waals surface area contributed by atoms with Crippen molar-refractivity contribution in [2.24, 2.45) is 11.7 Å². The summed E-state index contributed by atoms with van der Waals surface area (Å²) >= 11 is 0. The van der Waals surface area contributed by atoms with E-state index >= 15 is 0 Å². The first-order valence-electron chi connectivity index (χ1n) is 7.27. The minimum Gasteiger partial charge on any atom is -0.352 e. The number of benzene rings is 1. The Labute approximate surface area is 124 Å². The van der Waals surface area contributed by atoms with Gasteiger partial charge in [-0.3, -0.25) is 9.89 Å². The van der Waals surface area contributed by atoms with Gasteiger partial charge in [-0.25, -0.2) is 0 Å². The van der Waals surface area contributed by atoms with Gasteiger partial charge in [0, 0.05) is 18.7 Å². The molecule has 0 aliphatic rings. The summed E-state index contributed by atoms with van der Waals surface area (Å²) in [5.41, 5.74) is 8.61. The van der Waals surface area contributed by atoms with Crippen molar-refractivity contribution in [3.63, 3.8) is 0 Å². The number of hydrogen-bond donors (Lipinski definition) is 3. The maximum Gasteiger partial charge on any atom is 0.223 e. The summed E-state index contributed by atoms with van der Waals surface area (Å²) in [4.78, 5) is 11.9. The van der Waals surface area contributed by atoms with Gasteiger partial charge >= 0.3 is 0 Å². The van der Waals surface area contributed by atoms with Gasteiger partial charge in [-0.15, -0.1) is 0 Å². The average Bonchev–Trinajstić information content (AvgIpc) is 3.05. The third-order valence-electron chi connectivity index (χ3n) is 3.52. The van der Waals surface area contributed by atoms with Crippen molar-refractivity contribution in [3.05, 3.63) is 42.1 Å². The smallest absolute Gasteiger partial charge is 0.223 e. The van der Waals surface area contributed by atoms with Crippen molar-refractivity contribution in [2.75, 3.05) is 6.54 Å². The molecule has 5 heteroatoms. The Morgan fingerprint density at radius 1 is 1.33 bits per heavy atom. The number of carbonyl (C=O) groups excluding carboxylic acids is 1. The molecule has 0 spiro atoms. The molecule has 112 valence electrons. The number of aromatic nitrogens is 2. The van der Waals surface area contributed by atoms with Crippen LogP contribution in [0.2, 0.25) is 0 Å². The second-order valence-corrected chi connectivity index (χ2v) is 5.22. The summed E-state index contributed by atoms with van der Waals surface area (Å²) in [5.74, 6) is 0.0962. The number of amides is 1. The highest BCUT2D eigenvalue weighted by atomic mass is 16.1. The SMILES string of the molecule is CC(CCCN)C(=O)NCc1ccc(-c2ccn[nH]2)cc1. The van der Waals surface area contributed by atoms with Crippen LogP contribution in [0, 0.1) is 5.92 Å². The van der Waals surface area contributed by atoms with Gasteiger partial charge in [-0.2, -0.15) is 5.10 Å². The van der Waals surface area contributed by atoms with Gasteiger partial charge in [0.15, 0.2) is 0 Å². The topological polar surface area (TPSA) is 83.8 Å². The molecule has 1 heterocycles. The Hall–Kier alpha value is -2.14. The van der Waals surface area contributed by atoms with E-state index in [0.717, 1.165) is 29.7 Å². The molecule has 0 saturated heterocycles. The third-order valence-corrected chi connectivity index (χ3v) is 3.52. The third kappa shape index (κ3) is 4.43. The van der Waals surface area contributed by atoms with Crippen LogP contribution in [-0.4, -0.2) is 22.6 Å². The first-order chi connectivity index (χ1) is 10.2. The van der Waals surface area contributed by atoms with Gasteiger partial charge in [0.1, 0.15) is 0 Å². The normalized spacial score (nSPS) is 12.1. The fourth-order valence-electron chi connectivity index (χ4n) is 2.14. The monoisotopic (exact) mass is 286 g/mol. The fourth-order valence-corrected chi connectivity index (χ4v) is 2.14. The summed E-state index contributed by atoms with van der Waals surface area (Å²) in [5, 5.41) is 9.82. The molecule has 1 atom stereocenters. The lowest BCUT2D eigenvalue weighted by molar-refractivity contribution is -0.124. The van der Waals surface area contributed by atoms with Crippen LogP contribution in [0.1, 0.15) is 25.3 Å². The van der Waals surface area contributed by atoms with Crippen LogP contribution in [0.15, 0.2) is 36.5 Å². The lowest BCUT2D eigenvalue weighted by Crippen LogP contribution is -2.29. The zero-order valence-corrected chi connectivity index (χ0v) is 12.3. The van der Waals surface area contributed by atoms with Crippen LogP contribution in [0.5, 0.6) is 0 Å². The van der Waals surface area contributed by atoms with E-state index in [0.29, 0.717) is 13.1 Å². The van der Waals surface area contributed by atoms with Gasteiger partial charge in [0.05, 0.1) is 5.69 Å². The molecule has 0 saturated carbocycles. The second-order valence-electron chi connectivity index (χ2n) is 5.22. The number of nitrogens with one attached hydrogen (secondary N) is 2. The molecular weight excluding hydrogens is 264 g/mol. The van der Waals surface area contributed by atoms with Crippen LogP contribution in [0.4, 0.5) is 0 Å². The molecule has 5 nitrogen and oxygen atoms in total. The van der Waals surface area contributed by atoms with Crippen molar-refractivity contribution in [2.45, 2.75) is 26.3 Å². The van der Waals surface area contributed by atoms with Crippen molar-refractivity contribution < 1.29 is 4.79 Å². The van der Waals surface area contributed by atoms with Crippen LogP contribution in [-0.2, 0) is 11.3 Å². The van der Waals surface area contributed by atoms with E-state index in [1.807, 2.05) is 37.3 Å². The molecule has 0 aliphatic carbocycles. The van der Waals surface area contributed by atoms with E-state index in [1.165, 1.54) is 0 Å². The lowest BCUT2D eigenvalue weighted by Gasteiger charge is -2.11. The maximum absolute atomic E-state index is 11.9. The highest BCUT2D eigenvalue weighted by Gasteiger charge is 2.11.